The van der Waals surface area contributed by atoms with E-state index >= 15 is 0 Å². The lowest BCUT2D eigenvalue weighted by Gasteiger charge is -2.32. The molecule has 1 aromatic rings. The predicted octanol–water partition coefficient (Wildman–Crippen LogP) is 1.69. The second kappa shape index (κ2) is 5.96. The molecule has 4 nitrogen and oxygen atoms in total. The standard InChI is InChI=1S/C13H22N4/c1-11(2)10-16-12-4-8-17(9-5-12)13-14-6-3-7-15-13/h3,6-7,11-12,16H,4-5,8-10H2,1-2H3. The van der Waals surface area contributed by atoms with Crippen LogP contribution in [0.15, 0.2) is 18.5 Å². The fraction of sp³-hybridized carbons (Fsp3) is 0.692. The zero-order chi connectivity index (χ0) is 12.1. The molecule has 1 N–H and O–H groups in total. The van der Waals surface area contributed by atoms with Gasteiger partial charge in [-0.3, -0.25) is 0 Å². The van der Waals surface area contributed by atoms with Crippen molar-refractivity contribution in [1.82, 2.24) is 15.3 Å². The summed E-state index contributed by atoms with van der Waals surface area (Å²) < 4.78 is 0. The van der Waals surface area contributed by atoms with Gasteiger partial charge in [0.25, 0.3) is 0 Å². The van der Waals surface area contributed by atoms with Crippen LogP contribution in [0.3, 0.4) is 0 Å². The summed E-state index contributed by atoms with van der Waals surface area (Å²) in [6.07, 6.45) is 5.99. The van der Waals surface area contributed by atoms with Crippen molar-refractivity contribution in [2.24, 2.45) is 5.92 Å². The van der Waals surface area contributed by atoms with E-state index in [1.165, 1.54) is 12.8 Å². The number of aromatic nitrogens is 2. The zero-order valence-corrected chi connectivity index (χ0v) is 10.8. The Labute approximate surface area is 103 Å². The first kappa shape index (κ1) is 12.3. The van der Waals surface area contributed by atoms with Gasteiger partial charge in [-0.15, -0.1) is 0 Å². The Morgan fingerprint density at radius 1 is 1.29 bits per heavy atom. The van der Waals surface area contributed by atoms with Crippen LogP contribution in [0, 0.1) is 5.92 Å². The molecule has 0 saturated carbocycles. The lowest BCUT2D eigenvalue weighted by atomic mass is 10.0. The highest BCUT2D eigenvalue weighted by Crippen LogP contribution is 2.15. The highest BCUT2D eigenvalue weighted by molar-refractivity contribution is 5.29. The maximum atomic E-state index is 4.30. The molecular weight excluding hydrogens is 212 g/mol. The van der Waals surface area contributed by atoms with Gasteiger partial charge in [-0.1, -0.05) is 13.8 Å². The van der Waals surface area contributed by atoms with Gasteiger partial charge in [0, 0.05) is 31.5 Å². The summed E-state index contributed by atoms with van der Waals surface area (Å²) in [5, 5.41) is 3.63. The van der Waals surface area contributed by atoms with Gasteiger partial charge in [0.2, 0.25) is 5.95 Å². The van der Waals surface area contributed by atoms with Crippen molar-refractivity contribution in [3.8, 4) is 0 Å². The number of anilines is 1. The SMILES string of the molecule is CC(C)CNC1CCN(c2ncccn2)CC1. The molecule has 2 rings (SSSR count). The van der Waals surface area contributed by atoms with Crippen molar-refractivity contribution in [1.29, 1.82) is 0 Å². The molecule has 1 saturated heterocycles. The van der Waals surface area contributed by atoms with Crippen molar-refractivity contribution >= 4 is 5.95 Å². The molecule has 0 unspecified atom stereocenters. The first-order chi connectivity index (χ1) is 8.25. The molecule has 0 aromatic carbocycles. The Bertz CT molecular complexity index is 317. The van der Waals surface area contributed by atoms with Crippen LogP contribution in [-0.4, -0.2) is 35.6 Å². The number of rotatable bonds is 4. The van der Waals surface area contributed by atoms with E-state index in [0.29, 0.717) is 6.04 Å². The quantitative estimate of drug-likeness (QED) is 0.861. The molecule has 2 heterocycles. The summed E-state index contributed by atoms with van der Waals surface area (Å²) in [5.41, 5.74) is 0. The van der Waals surface area contributed by atoms with Gasteiger partial charge in [0.1, 0.15) is 0 Å². The number of piperidine rings is 1. The number of hydrogen-bond acceptors (Lipinski definition) is 4. The second-order valence-corrected chi connectivity index (χ2v) is 5.11. The lowest BCUT2D eigenvalue weighted by Crippen LogP contribution is -2.44. The van der Waals surface area contributed by atoms with E-state index in [-0.39, 0.29) is 0 Å². The topological polar surface area (TPSA) is 41.0 Å². The Morgan fingerprint density at radius 3 is 2.53 bits per heavy atom. The van der Waals surface area contributed by atoms with E-state index in [0.717, 1.165) is 31.5 Å². The largest absolute Gasteiger partial charge is 0.341 e. The molecule has 0 atom stereocenters. The molecule has 0 bridgehead atoms. The molecule has 0 amide bonds. The van der Waals surface area contributed by atoms with E-state index in [1.54, 1.807) is 0 Å². The van der Waals surface area contributed by atoms with E-state index in [2.05, 4.69) is 34.0 Å². The fourth-order valence-corrected chi connectivity index (χ4v) is 2.14. The van der Waals surface area contributed by atoms with Gasteiger partial charge in [0.05, 0.1) is 0 Å². The minimum absolute atomic E-state index is 0.664. The molecule has 1 aliphatic heterocycles. The van der Waals surface area contributed by atoms with Crippen molar-refractivity contribution in [3.63, 3.8) is 0 Å². The normalized spacial score (nSPS) is 17.7. The first-order valence-electron chi connectivity index (χ1n) is 6.51. The van der Waals surface area contributed by atoms with Crippen molar-refractivity contribution < 1.29 is 0 Å². The fourth-order valence-electron chi connectivity index (χ4n) is 2.14. The molecular formula is C13H22N4. The van der Waals surface area contributed by atoms with E-state index < -0.39 is 0 Å². The Hall–Kier alpha value is -1.16. The molecule has 0 aliphatic carbocycles. The number of hydrogen-bond donors (Lipinski definition) is 1. The van der Waals surface area contributed by atoms with Crippen molar-refractivity contribution in [3.05, 3.63) is 18.5 Å². The Morgan fingerprint density at radius 2 is 1.94 bits per heavy atom. The average molecular weight is 234 g/mol. The molecule has 1 aromatic heterocycles. The van der Waals surface area contributed by atoms with Crippen LogP contribution in [0.5, 0.6) is 0 Å². The monoisotopic (exact) mass is 234 g/mol. The summed E-state index contributed by atoms with van der Waals surface area (Å²) in [6, 6.07) is 2.53. The van der Waals surface area contributed by atoms with Crippen LogP contribution in [0.2, 0.25) is 0 Å². The summed E-state index contributed by atoms with van der Waals surface area (Å²) >= 11 is 0. The van der Waals surface area contributed by atoms with Crippen LogP contribution in [0.4, 0.5) is 5.95 Å². The van der Waals surface area contributed by atoms with Gasteiger partial charge in [0.15, 0.2) is 0 Å². The highest BCUT2D eigenvalue weighted by atomic mass is 15.3. The minimum atomic E-state index is 0.664. The maximum Gasteiger partial charge on any atom is 0.225 e. The molecule has 4 heteroatoms. The van der Waals surface area contributed by atoms with Crippen LogP contribution >= 0.6 is 0 Å². The molecule has 17 heavy (non-hydrogen) atoms. The van der Waals surface area contributed by atoms with Crippen LogP contribution < -0.4 is 10.2 Å². The first-order valence-corrected chi connectivity index (χ1v) is 6.51. The van der Waals surface area contributed by atoms with Gasteiger partial charge in [-0.2, -0.15) is 0 Å². The summed E-state index contributed by atoms with van der Waals surface area (Å²) in [5.74, 6) is 1.60. The van der Waals surface area contributed by atoms with E-state index in [9.17, 15) is 0 Å². The van der Waals surface area contributed by atoms with Crippen molar-refractivity contribution in [2.45, 2.75) is 32.7 Å². The summed E-state index contributed by atoms with van der Waals surface area (Å²) in [7, 11) is 0. The smallest absolute Gasteiger partial charge is 0.225 e. The third-order valence-corrected chi connectivity index (χ3v) is 3.14. The van der Waals surface area contributed by atoms with E-state index in [4.69, 9.17) is 0 Å². The maximum absolute atomic E-state index is 4.30. The van der Waals surface area contributed by atoms with Gasteiger partial charge >= 0.3 is 0 Å². The second-order valence-electron chi connectivity index (χ2n) is 5.11. The summed E-state index contributed by atoms with van der Waals surface area (Å²) in [4.78, 5) is 10.9. The molecule has 1 fully saturated rings. The number of nitrogens with zero attached hydrogens (tertiary/aromatic N) is 3. The Balaban J connectivity index is 1.78. The minimum Gasteiger partial charge on any atom is -0.341 e. The van der Waals surface area contributed by atoms with Gasteiger partial charge in [-0.25, -0.2) is 9.97 Å². The van der Waals surface area contributed by atoms with Crippen LogP contribution in [0.25, 0.3) is 0 Å². The molecule has 0 radical (unpaired) electrons. The van der Waals surface area contributed by atoms with E-state index in [1.807, 2.05) is 18.5 Å². The number of nitrogens with one attached hydrogen (secondary N) is 1. The van der Waals surface area contributed by atoms with Crippen LogP contribution in [-0.2, 0) is 0 Å². The van der Waals surface area contributed by atoms with Gasteiger partial charge < -0.3 is 10.2 Å². The van der Waals surface area contributed by atoms with Gasteiger partial charge in [-0.05, 0) is 31.4 Å². The van der Waals surface area contributed by atoms with Crippen LogP contribution in [0.1, 0.15) is 26.7 Å². The molecule has 1 aliphatic rings. The third-order valence-electron chi connectivity index (χ3n) is 3.14. The van der Waals surface area contributed by atoms with Crippen molar-refractivity contribution in [2.75, 3.05) is 24.5 Å². The highest BCUT2D eigenvalue weighted by Gasteiger charge is 2.20. The third kappa shape index (κ3) is 3.66. The summed E-state index contributed by atoms with van der Waals surface area (Å²) in [6.45, 7) is 7.73. The average Bonchev–Trinajstić information content (AvgIpc) is 2.38. The Kier molecular flexibility index (Phi) is 4.31. The molecule has 94 valence electrons. The zero-order valence-electron chi connectivity index (χ0n) is 10.8. The predicted molar refractivity (Wildman–Crippen MR) is 70.1 cm³/mol. The molecule has 0 spiro atoms. The lowest BCUT2D eigenvalue weighted by molar-refractivity contribution is 0.390.